The molecule has 2 rings (SSSR count). The van der Waals surface area contributed by atoms with Crippen LogP contribution in [0.5, 0.6) is 5.75 Å². The Morgan fingerprint density at radius 1 is 1.20 bits per heavy atom. The Labute approximate surface area is 119 Å². The number of hydrogen-bond acceptors (Lipinski definition) is 3. The van der Waals surface area contributed by atoms with E-state index in [1.54, 1.807) is 12.1 Å². The molecular formula is C15H19NO3S. The van der Waals surface area contributed by atoms with E-state index in [2.05, 4.69) is 4.72 Å². The molecule has 0 unspecified atom stereocenters. The summed E-state index contributed by atoms with van der Waals surface area (Å²) < 4.78 is 27.3. The highest BCUT2D eigenvalue weighted by molar-refractivity contribution is 7.89. The van der Waals surface area contributed by atoms with Gasteiger partial charge in [-0.05, 0) is 36.4 Å². The molecule has 0 amide bonds. The Morgan fingerprint density at radius 2 is 1.95 bits per heavy atom. The molecule has 108 valence electrons. The van der Waals surface area contributed by atoms with Crippen molar-refractivity contribution in [2.24, 2.45) is 0 Å². The summed E-state index contributed by atoms with van der Waals surface area (Å²) in [6.07, 6.45) is 1.71. The normalized spacial score (nSPS) is 11.9. The number of hydrogen-bond donors (Lipinski definition) is 2. The number of nitrogens with one attached hydrogen (secondary N) is 1. The Bertz CT molecular complexity index is 723. The fraction of sp³-hybridized carbons (Fsp3) is 0.333. The van der Waals surface area contributed by atoms with Crippen LogP contribution in [0.2, 0.25) is 0 Å². The van der Waals surface area contributed by atoms with E-state index in [0.717, 1.165) is 23.8 Å². The molecule has 0 fully saturated rings. The molecule has 0 aliphatic carbocycles. The number of benzene rings is 2. The van der Waals surface area contributed by atoms with Crippen molar-refractivity contribution in [2.45, 2.75) is 31.6 Å². The van der Waals surface area contributed by atoms with Gasteiger partial charge in [0, 0.05) is 11.9 Å². The van der Waals surface area contributed by atoms with Crippen LogP contribution in [0.15, 0.2) is 35.2 Å². The van der Waals surface area contributed by atoms with Gasteiger partial charge in [-0.15, -0.1) is 0 Å². The minimum Gasteiger partial charge on any atom is -0.507 e. The molecule has 0 saturated heterocycles. The van der Waals surface area contributed by atoms with Gasteiger partial charge < -0.3 is 5.11 Å². The maximum absolute atomic E-state index is 12.4. The van der Waals surface area contributed by atoms with E-state index in [1.165, 1.54) is 12.1 Å². The van der Waals surface area contributed by atoms with E-state index >= 15 is 0 Å². The first-order chi connectivity index (χ1) is 9.47. The summed E-state index contributed by atoms with van der Waals surface area (Å²) >= 11 is 0. The average Bonchev–Trinajstić information content (AvgIpc) is 2.42. The van der Waals surface area contributed by atoms with Crippen LogP contribution in [0.3, 0.4) is 0 Å². The predicted molar refractivity (Wildman–Crippen MR) is 80.4 cm³/mol. The fourth-order valence-corrected chi connectivity index (χ4v) is 3.50. The number of unbranched alkanes of at least 4 members (excludes halogenated alkanes) is 1. The molecule has 0 saturated carbocycles. The van der Waals surface area contributed by atoms with Crippen LogP contribution < -0.4 is 4.72 Å². The van der Waals surface area contributed by atoms with E-state index in [1.807, 2.05) is 19.9 Å². The summed E-state index contributed by atoms with van der Waals surface area (Å²) in [5.41, 5.74) is 0.934. The molecule has 0 radical (unpaired) electrons. The van der Waals surface area contributed by atoms with Gasteiger partial charge in [0.05, 0.1) is 4.90 Å². The van der Waals surface area contributed by atoms with Crippen LogP contribution >= 0.6 is 0 Å². The van der Waals surface area contributed by atoms with Gasteiger partial charge in [0.25, 0.3) is 0 Å². The van der Waals surface area contributed by atoms with Gasteiger partial charge in [-0.2, -0.15) is 0 Å². The quantitative estimate of drug-likeness (QED) is 0.833. The van der Waals surface area contributed by atoms with Crippen molar-refractivity contribution in [1.29, 1.82) is 0 Å². The number of sulfonamides is 1. The van der Waals surface area contributed by atoms with Crippen molar-refractivity contribution >= 4 is 20.8 Å². The molecule has 0 aliphatic heterocycles. The number of rotatable bonds is 5. The molecule has 0 heterocycles. The first-order valence-electron chi connectivity index (χ1n) is 6.68. The Hall–Kier alpha value is -1.59. The molecule has 0 aromatic heterocycles. The first kappa shape index (κ1) is 14.8. The van der Waals surface area contributed by atoms with Gasteiger partial charge in [0.15, 0.2) is 0 Å². The van der Waals surface area contributed by atoms with E-state index in [-0.39, 0.29) is 10.6 Å². The molecule has 20 heavy (non-hydrogen) atoms. The summed E-state index contributed by atoms with van der Waals surface area (Å²) in [4.78, 5) is 0.132. The second kappa shape index (κ2) is 5.81. The second-order valence-corrected chi connectivity index (χ2v) is 6.57. The molecule has 4 nitrogen and oxygen atoms in total. The lowest BCUT2D eigenvalue weighted by Crippen LogP contribution is -2.24. The number of aromatic hydroxyl groups is 1. The molecule has 2 N–H and O–H groups in total. The average molecular weight is 293 g/mol. The number of phenolic OH excluding ortho intramolecular Hbond substituents is 1. The summed E-state index contributed by atoms with van der Waals surface area (Å²) in [7, 11) is -3.61. The van der Waals surface area contributed by atoms with Gasteiger partial charge >= 0.3 is 0 Å². The van der Waals surface area contributed by atoms with Gasteiger partial charge in [-0.1, -0.05) is 31.5 Å². The van der Waals surface area contributed by atoms with Crippen molar-refractivity contribution in [1.82, 2.24) is 4.72 Å². The first-order valence-corrected chi connectivity index (χ1v) is 8.16. The lowest BCUT2D eigenvalue weighted by Gasteiger charge is -2.11. The van der Waals surface area contributed by atoms with Crippen LogP contribution in [-0.4, -0.2) is 20.1 Å². The van der Waals surface area contributed by atoms with Gasteiger partial charge in [0.2, 0.25) is 10.0 Å². The van der Waals surface area contributed by atoms with Gasteiger partial charge in [-0.3, -0.25) is 0 Å². The van der Waals surface area contributed by atoms with Gasteiger partial charge in [-0.25, -0.2) is 13.1 Å². The SMILES string of the molecule is CCCCNS(=O)(=O)c1cccc2c(C)ccc(O)c12. The third-order valence-corrected chi connectivity index (χ3v) is 4.81. The highest BCUT2D eigenvalue weighted by Gasteiger charge is 2.19. The van der Waals surface area contributed by atoms with Crippen LogP contribution in [0.4, 0.5) is 0 Å². The van der Waals surface area contributed by atoms with Crippen molar-refractivity contribution in [3.8, 4) is 5.75 Å². The maximum Gasteiger partial charge on any atom is 0.241 e. The molecule has 0 atom stereocenters. The van der Waals surface area contributed by atoms with E-state index in [9.17, 15) is 13.5 Å². The zero-order valence-electron chi connectivity index (χ0n) is 11.7. The summed E-state index contributed by atoms with van der Waals surface area (Å²) in [5.74, 6) is -0.0120. The molecule has 2 aromatic rings. The van der Waals surface area contributed by atoms with Crippen molar-refractivity contribution < 1.29 is 13.5 Å². The highest BCUT2D eigenvalue weighted by Crippen LogP contribution is 2.32. The highest BCUT2D eigenvalue weighted by atomic mass is 32.2. The third-order valence-electron chi connectivity index (χ3n) is 3.31. The lowest BCUT2D eigenvalue weighted by atomic mass is 10.0. The summed E-state index contributed by atoms with van der Waals surface area (Å²) in [6.45, 7) is 4.30. The van der Waals surface area contributed by atoms with E-state index in [4.69, 9.17) is 0 Å². The van der Waals surface area contributed by atoms with E-state index in [0.29, 0.717) is 11.9 Å². The summed E-state index contributed by atoms with van der Waals surface area (Å²) in [6, 6.07) is 8.34. The minimum absolute atomic E-state index is 0.0120. The van der Waals surface area contributed by atoms with Crippen LogP contribution in [-0.2, 0) is 10.0 Å². The topological polar surface area (TPSA) is 66.4 Å². The number of phenols is 1. The number of fused-ring (bicyclic) bond motifs is 1. The van der Waals surface area contributed by atoms with Crippen molar-refractivity contribution in [3.05, 3.63) is 35.9 Å². The van der Waals surface area contributed by atoms with Gasteiger partial charge in [0.1, 0.15) is 5.75 Å². The molecule has 0 spiro atoms. The van der Waals surface area contributed by atoms with E-state index < -0.39 is 10.0 Å². The Kier molecular flexibility index (Phi) is 4.30. The Balaban J connectivity index is 2.58. The lowest BCUT2D eigenvalue weighted by molar-refractivity contribution is 0.480. The molecule has 0 aliphatic rings. The molecule has 5 heteroatoms. The van der Waals surface area contributed by atoms with Crippen LogP contribution in [0.1, 0.15) is 25.3 Å². The zero-order chi connectivity index (χ0) is 14.8. The zero-order valence-corrected chi connectivity index (χ0v) is 12.5. The largest absolute Gasteiger partial charge is 0.507 e. The fourth-order valence-electron chi connectivity index (χ4n) is 2.19. The summed E-state index contributed by atoms with van der Waals surface area (Å²) in [5, 5.41) is 11.2. The molecule has 0 bridgehead atoms. The van der Waals surface area contributed by atoms with Crippen molar-refractivity contribution in [3.63, 3.8) is 0 Å². The standard InChI is InChI=1S/C15H19NO3S/c1-3-4-10-16-20(18,19)14-7-5-6-12-11(2)8-9-13(17)15(12)14/h5-9,16-17H,3-4,10H2,1-2H3. The minimum atomic E-state index is -3.61. The second-order valence-electron chi connectivity index (χ2n) is 4.83. The van der Waals surface area contributed by atoms with Crippen LogP contribution in [0, 0.1) is 6.92 Å². The monoisotopic (exact) mass is 293 g/mol. The Morgan fingerprint density at radius 3 is 2.65 bits per heavy atom. The van der Waals surface area contributed by atoms with Crippen LogP contribution in [0.25, 0.3) is 10.8 Å². The molecule has 2 aromatic carbocycles. The third kappa shape index (κ3) is 2.78. The smallest absolute Gasteiger partial charge is 0.241 e. The number of aryl methyl sites for hydroxylation is 1. The molecular weight excluding hydrogens is 274 g/mol. The maximum atomic E-state index is 12.4. The van der Waals surface area contributed by atoms with Crippen molar-refractivity contribution in [2.75, 3.05) is 6.54 Å². The predicted octanol–water partition coefficient (Wildman–Crippen LogP) is 2.93.